The Labute approximate surface area is 102 Å². The van der Waals surface area contributed by atoms with Gasteiger partial charge in [0.05, 0.1) is 23.6 Å². The number of rotatable bonds is 1. The predicted molar refractivity (Wildman–Crippen MR) is 67.1 cm³/mol. The number of benzene rings is 1. The van der Waals surface area contributed by atoms with Crippen LogP contribution in [0, 0.1) is 5.82 Å². The van der Waals surface area contributed by atoms with Crippen LogP contribution in [0.5, 0.6) is 0 Å². The monoisotopic (exact) mass is 240 g/mol. The predicted octanol–water partition coefficient (Wildman–Crippen LogP) is 2.41. The molecule has 0 bridgehead atoms. The molecule has 2 N–H and O–H groups in total. The lowest BCUT2D eigenvalue weighted by Crippen LogP contribution is -1.94. The van der Waals surface area contributed by atoms with E-state index in [1.165, 1.54) is 18.3 Å². The third kappa shape index (κ3) is 1.86. The largest absolute Gasteiger partial charge is 0.382 e. The lowest BCUT2D eigenvalue weighted by molar-refractivity contribution is 0.629. The van der Waals surface area contributed by atoms with Crippen molar-refractivity contribution in [3.8, 4) is 11.3 Å². The van der Waals surface area contributed by atoms with Gasteiger partial charge in [0, 0.05) is 17.1 Å². The number of hydrogen-bond acceptors (Lipinski definition) is 4. The molecule has 0 aliphatic rings. The number of halogens is 1. The van der Waals surface area contributed by atoms with Crippen LogP contribution in [-0.4, -0.2) is 15.0 Å². The molecule has 0 saturated heterocycles. The molecule has 0 saturated carbocycles. The van der Waals surface area contributed by atoms with Crippen molar-refractivity contribution in [2.45, 2.75) is 0 Å². The van der Waals surface area contributed by atoms with E-state index in [1.807, 2.05) is 6.07 Å². The van der Waals surface area contributed by atoms with Crippen LogP contribution in [0.2, 0.25) is 0 Å². The number of nitrogen functional groups attached to an aromatic ring is 1. The fourth-order valence-corrected chi connectivity index (χ4v) is 1.76. The Kier molecular flexibility index (Phi) is 2.37. The summed E-state index contributed by atoms with van der Waals surface area (Å²) in [5.41, 5.74) is 7.69. The third-order valence-electron chi connectivity index (χ3n) is 2.59. The van der Waals surface area contributed by atoms with Crippen LogP contribution in [0.15, 0.2) is 42.9 Å². The topological polar surface area (TPSA) is 64.7 Å². The Hall–Kier alpha value is -2.56. The maximum Gasteiger partial charge on any atom is 0.142 e. The van der Waals surface area contributed by atoms with Crippen molar-refractivity contribution < 1.29 is 4.39 Å². The maximum atomic E-state index is 13.2. The Morgan fingerprint density at radius 1 is 1.06 bits per heavy atom. The molecule has 4 nitrogen and oxygen atoms in total. The highest BCUT2D eigenvalue weighted by atomic mass is 19.1. The first-order valence-electron chi connectivity index (χ1n) is 5.35. The van der Waals surface area contributed by atoms with Crippen molar-refractivity contribution in [1.29, 1.82) is 0 Å². The molecule has 0 atom stereocenters. The summed E-state index contributed by atoms with van der Waals surface area (Å²) in [6, 6.07) is 6.27. The Morgan fingerprint density at radius 2 is 1.94 bits per heavy atom. The molecule has 0 spiro atoms. The molecule has 2 heterocycles. The summed E-state index contributed by atoms with van der Waals surface area (Å²) in [5, 5.41) is 0.719. The average Bonchev–Trinajstić information content (AvgIpc) is 2.38. The van der Waals surface area contributed by atoms with Gasteiger partial charge in [0.2, 0.25) is 0 Å². The molecule has 3 rings (SSSR count). The SMILES string of the molecule is Nc1cncc(-c2cnc3ccc(F)cc3c2)n1. The van der Waals surface area contributed by atoms with Gasteiger partial charge in [0.25, 0.3) is 0 Å². The Balaban J connectivity index is 2.18. The van der Waals surface area contributed by atoms with E-state index >= 15 is 0 Å². The molecular formula is C13H9FN4. The van der Waals surface area contributed by atoms with Crippen LogP contribution in [0.3, 0.4) is 0 Å². The molecule has 2 aromatic heterocycles. The minimum atomic E-state index is -0.292. The summed E-state index contributed by atoms with van der Waals surface area (Å²) in [6.07, 6.45) is 4.74. The first-order valence-corrected chi connectivity index (χ1v) is 5.35. The molecule has 0 aliphatic heterocycles. The molecule has 1 aromatic carbocycles. The van der Waals surface area contributed by atoms with E-state index in [-0.39, 0.29) is 5.82 Å². The quantitative estimate of drug-likeness (QED) is 0.709. The summed E-state index contributed by atoms with van der Waals surface area (Å²) in [7, 11) is 0. The summed E-state index contributed by atoms with van der Waals surface area (Å²) in [6.45, 7) is 0. The van der Waals surface area contributed by atoms with Gasteiger partial charge in [-0.15, -0.1) is 0 Å². The molecule has 0 unspecified atom stereocenters. The van der Waals surface area contributed by atoms with Crippen LogP contribution >= 0.6 is 0 Å². The first kappa shape index (κ1) is 10.6. The minimum Gasteiger partial charge on any atom is -0.382 e. The minimum absolute atomic E-state index is 0.292. The molecule has 0 fully saturated rings. The van der Waals surface area contributed by atoms with Crippen molar-refractivity contribution in [2.75, 3.05) is 5.73 Å². The summed E-state index contributed by atoms with van der Waals surface area (Å²) in [5.74, 6) is 0.0481. The number of nitrogens with zero attached hydrogens (tertiary/aromatic N) is 3. The lowest BCUT2D eigenvalue weighted by Gasteiger charge is -2.03. The van der Waals surface area contributed by atoms with E-state index in [2.05, 4.69) is 15.0 Å². The first-order chi connectivity index (χ1) is 8.72. The Bertz CT molecular complexity index is 727. The van der Waals surface area contributed by atoms with Crippen LogP contribution in [0.25, 0.3) is 22.2 Å². The van der Waals surface area contributed by atoms with E-state index in [4.69, 9.17) is 5.73 Å². The fraction of sp³-hybridized carbons (Fsp3) is 0. The fourth-order valence-electron chi connectivity index (χ4n) is 1.76. The molecule has 5 heteroatoms. The van der Waals surface area contributed by atoms with Gasteiger partial charge >= 0.3 is 0 Å². The second-order valence-corrected chi connectivity index (χ2v) is 3.89. The molecule has 18 heavy (non-hydrogen) atoms. The summed E-state index contributed by atoms with van der Waals surface area (Å²) in [4.78, 5) is 12.4. The van der Waals surface area contributed by atoms with Gasteiger partial charge in [-0.1, -0.05) is 0 Å². The van der Waals surface area contributed by atoms with Crippen molar-refractivity contribution >= 4 is 16.7 Å². The van der Waals surface area contributed by atoms with E-state index in [9.17, 15) is 4.39 Å². The second kappa shape index (κ2) is 4.03. The number of aromatic nitrogens is 3. The number of fused-ring (bicyclic) bond motifs is 1. The maximum absolute atomic E-state index is 13.2. The van der Waals surface area contributed by atoms with Gasteiger partial charge in [-0.2, -0.15) is 0 Å². The number of anilines is 1. The smallest absolute Gasteiger partial charge is 0.142 e. The second-order valence-electron chi connectivity index (χ2n) is 3.89. The molecule has 88 valence electrons. The van der Waals surface area contributed by atoms with Gasteiger partial charge in [-0.3, -0.25) is 9.97 Å². The van der Waals surface area contributed by atoms with Gasteiger partial charge < -0.3 is 5.73 Å². The number of nitrogens with two attached hydrogens (primary N) is 1. The van der Waals surface area contributed by atoms with Crippen LogP contribution in [-0.2, 0) is 0 Å². The standard InChI is InChI=1S/C13H9FN4/c14-10-1-2-11-8(4-10)3-9(5-17-11)12-6-16-7-13(15)18-12/h1-7H,(H2,15,18). The molecule has 3 aromatic rings. The zero-order valence-corrected chi connectivity index (χ0v) is 9.34. The highest BCUT2D eigenvalue weighted by molar-refractivity contribution is 5.82. The van der Waals surface area contributed by atoms with Crippen molar-refractivity contribution in [2.24, 2.45) is 0 Å². The molecular weight excluding hydrogens is 231 g/mol. The van der Waals surface area contributed by atoms with Gasteiger partial charge in [0.1, 0.15) is 11.6 Å². The third-order valence-corrected chi connectivity index (χ3v) is 2.59. The number of pyridine rings is 1. The zero-order chi connectivity index (χ0) is 12.5. The normalized spacial score (nSPS) is 10.7. The Morgan fingerprint density at radius 3 is 2.78 bits per heavy atom. The van der Waals surface area contributed by atoms with Crippen molar-refractivity contribution in [1.82, 2.24) is 15.0 Å². The van der Waals surface area contributed by atoms with Crippen LogP contribution in [0.4, 0.5) is 10.2 Å². The molecule has 0 aliphatic carbocycles. The molecule has 0 amide bonds. The van der Waals surface area contributed by atoms with Gasteiger partial charge in [-0.05, 0) is 24.3 Å². The van der Waals surface area contributed by atoms with Gasteiger partial charge in [0.15, 0.2) is 0 Å². The van der Waals surface area contributed by atoms with E-state index in [0.29, 0.717) is 11.5 Å². The zero-order valence-electron chi connectivity index (χ0n) is 9.34. The highest BCUT2D eigenvalue weighted by Gasteiger charge is 2.04. The van der Waals surface area contributed by atoms with Crippen LogP contribution in [0.1, 0.15) is 0 Å². The lowest BCUT2D eigenvalue weighted by atomic mass is 10.1. The number of hydrogen-bond donors (Lipinski definition) is 1. The molecule has 0 radical (unpaired) electrons. The summed E-state index contributed by atoms with van der Waals surface area (Å²) < 4.78 is 13.2. The van der Waals surface area contributed by atoms with Crippen molar-refractivity contribution in [3.63, 3.8) is 0 Å². The summed E-state index contributed by atoms with van der Waals surface area (Å²) >= 11 is 0. The van der Waals surface area contributed by atoms with Crippen LogP contribution < -0.4 is 5.73 Å². The van der Waals surface area contributed by atoms with Crippen molar-refractivity contribution in [3.05, 3.63) is 48.7 Å². The van der Waals surface area contributed by atoms with E-state index in [0.717, 1.165) is 16.5 Å². The van der Waals surface area contributed by atoms with E-state index in [1.54, 1.807) is 18.5 Å². The van der Waals surface area contributed by atoms with Gasteiger partial charge in [-0.25, -0.2) is 9.37 Å². The highest BCUT2D eigenvalue weighted by Crippen LogP contribution is 2.21. The van der Waals surface area contributed by atoms with E-state index < -0.39 is 0 Å². The average molecular weight is 240 g/mol.